The van der Waals surface area contributed by atoms with Crippen LogP contribution in [0.3, 0.4) is 0 Å². The second-order valence-electron chi connectivity index (χ2n) is 7.94. The quantitative estimate of drug-likeness (QED) is 0.224. The summed E-state index contributed by atoms with van der Waals surface area (Å²) in [6.45, 7) is 2.85. The van der Waals surface area contributed by atoms with Crippen LogP contribution >= 0.6 is 0 Å². The van der Waals surface area contributed by atoms with E-state index in [0.29, 0.717) is 11.1 Å². The van der Waals surface area contributed by atoms with Crippen molar-refractivity contribution in [2.75, 3.05) is 6.61 Å². The molecule has 0 heterocycles. The second kappa shape index (κ2) is 12.9. The molecule has 2 rings (SSSR count). The van der Waals surface area contributed by atoms with Gasteiger partial charge in [-0.1, -0.05) is 24.3 Å². The van der Waals surface area contributed by atoms with E-state index in [-0.39, 0.29) is 25.1 Å². The highest BCUT2D eigenvalue weighted by Crippen LogP contribution is 2.27. The highest BCUT2D eigenvalue weighted by molar-refractivity contribution is 5.92. The number of halogens is 1. The van der Waals surface area contributed by atoms with Crippen LogP contribution in [0.2, 0.25) is 0 Å². The topological polar surface area (TPSA) is 171 Å². The van der Waals surface area contributed by atoms with E-state index in [4.69, 9.17) is 10.5 Å². The number of nitro groups is 1. The molecule has 0 radical (unpaired) electrons. The van der Waals surface area contributed by atoms with E-state index in [1.54, 1.807) is 13.0 Å². The third-order valence-electron chi connectivity index (χ3n) is 5.25. The Morgan fingerprint density at radius 3 is 2.31 bits per heavy atom. The molecule has 0 aliphatic carbocycles. The Bertz CT molecular complexity index is 1120. The fourth-order valence-corrected chi connectivity index (χ4v) is 3.65. The molecule has 3 atom stereocenters. The van der Waals surface area contributed by atoms with Crippen molar-refractivity contribution in [1.82, 2.24) is 10.6 Å². The van der Waals surface area contributed by atoms with Crippen molar-refractivity contribution < 1.29 is 33.2 Å². The van der Waals surface area contributed by atoms with Gasteiger partial charge in [-0.15, -0.1) is 0 Å². The van der Waals surface area contributed by atoms with E-state index in [1.165, 1.54) is 49.4 Å². The van der Waals surface area contributed by atoms with Crippen molar-refractivity contribution in [2.24, 2.45) is 5.73 Å². The number of esters is 1. The van der Waals surface area contributed by atoms with E-state index in [0.717, 1.165) is 0 Å². The number of carbonyl (C=O) groups is 4. The third-order valence-corrected chi connectivity index (χ3v) is 5.25. The number of ether oxygens (including phenoxy) is 1. The Balaban J connectivity index is 2.38. The van der Waals surface area contributed by atoms with Crippen LogP contribution in [0.15, 0.2) is 48.5 Å². The van der Waals surface area contributed by atoms with Gasteiger partial charge in [-0.25, -0.2) is 4.39 Å². The molecule has 12 heteroatoms. The van der Waals surface area contributed by atoms with Gasteiger partial charge in [0, 0.05) is 31.4 Å². The number of nitro benzene ring substituents is 1. The summed E-state index contributed by atoms with van der Waals surface area (Å²) in [6.07, 6.45) is -0.455. The fourth-order valence-electron chi connectivity index (χ4n) is 3.65. The molecule has 0 unspecified atom stereocenters. The fraction of sp³-hybridized carbons (Fsp3) is 0.333. The lowest BCUT2D eigenvalue weighted by Gasteiger charge is -2.27. The van der Waals surface area contributed by atoms with Crippen molar-refractivity contribution in [1.29, 1.82) is 0 Å². The van der Waals surface area contributed by atoms with Gasteiger partial charge in [-0.3, -0.25) is 29.3 Å². The van der Waals surface area contributed by atoms with Gasteiger partial charge >= 0.3 is 5.97 Å². The molecule has 0 aliphatic rings. The SMILES string of the molecule is CCOC(=O)C[C@@H](c1ccc([N+](=O)[O-])cc1)[C@@H](NC(=O)[C@@H](Cc1cccc(F)c1)NC(C)=O)C(N)=O. The van der Waals surface area contributed by atoms with Gasteiger partial charge in [-0.05, 0) is 30.2 Å². The average molecular weight is 502 g/mol. The zero-order chi connectivity index (χ0) is 26.8. The van der Waals surface area contributed by atoms with Gasteiger partial charge in [0.1, 0.15) is 17.9 Å². The lowest BCUT2D eigenvalue weighted by Crippen LogP contribution is -2.55. The number of hydrogen-bond donors (Lipinski definition) is 3. The Hall–Kier alpha value is -4.35. The number of amides is 3. The molecule has 3 amide bonds. The van der Waals surface area contributed by atoms with E-state index >= 15 is 0 Å². The Kier molecular flexibility index (Phi) is 10.0. The number of non-ortho nitro benzene ring substituents is 1. The molecular formula is C24H27FN4O7. The molecule has 2 aromatic carbocycles. The van der Waals surface area contributed by atoms with E-state index in [1.807, 2.05) is 0 Å². The summed E-state index contributed by atoms with van der Waals surface area (Å²) in [7, 11) is 0. The average Bonchev–Trinajstić information content (AvgIpc) is 2.80. The monoisotopic (exact) mass is 502 g/mol. The summed E-state index contributed by atoms with van der Waals surface area (Å²) in [5.74, 6) is -4.56. The number of benzene rings is 2. The zero-order valence-corrected chi connectivity index (χ0v) is 19.7. The van der Waals surface area contributed by atoms with E-state index in [9.17, 15) is 33.7 Å². The maximum absolute atomic E-state index is 13.6. The minimum Gasteiger partial charge on any atom is -0.466 e. The Morgan fingerprint density at radius 1 is 1.11 bits per heavy atom. The smallest absolute Gasteiger partial charge is 0.306 e. The van der Waals surface area contributed by atoms with Crippen LogP contribution in [-0.4, -0.2) is 47.3 Å². The predicted molar refractivity (Wildman–Crippen MR) is 126 cm³/mol. The van der Waals surface area contributed by atoms with E-state index < -0.39 is 52.4 Å². The van der Waals surface area contributed by atoms with Gasteiger partial charge in [0.05, 0.1) is 18.0 Å². The number of rotatable bonds is 12. The van der Waals surface area contributed by atoms with Crippen LogP contribution in [-0.2, 0) is 30.3 Å². The van der Waals surface area contributed by atoms with Gasteiger partial charge in [0.25, 0.3) is 5.69 Å². The Morgan fingerprint density at radius 2 is 1.78 bits per heavy atom. The van der Waals surface area contributed by atoms with Crippen LogP contribution in [0.5, 0.6) is 0 Å². The minimum absolute atomic E-state index is 0.0671. The molecule has 0 aromatic heterocycles. The first kappa shape index (κ1) is 27.9. The zero-order valence-electron chi connectivity index (χ0n) is 19.7. The summed E-state index contributed by atoms with van der Waals surface area (Å²) >= 11 is 0. The third kappa shape index (κ3) is 8.15. The van der Waals surface area contributed by atoms with Crippen molar-refractivity contribution >= 4 is 29.4 Å². The maximum atomic E-state index is 13.6. The summed E-state index contributed by atoms with van der Waals surface area (Å²) in [5, 5.41) is 15.9. The highest BCUT2D eigenvalue weighted by atomic mass is 19.1. The van der Waals surface area contributed by atoms with Crippen molar-refractivity contribution in [3.8, 4) is 0 Å². The molecule has 0 saturated carbocycles. The number of hydrogen-bond acceptors (Lipinski definition) is 7. The highest BCUT2D eigenvalue weighted by Gasteiger charge is 2.34. The number of carbonyl (C=O) groups excluding carboxylic acids is 4. The van der Waals surface area contributed by atoms with Crippen LogP contribution in [0.4, 0.5) is 10.1 Å². The molecule has 0 spiro atoms. The number of nitrogens with zero attached hydrogens (tertiary/aromatic N) is 1. The molecular weight excluding hydrogens is 475 g/mol. The summed E-state index contributed by atoms with van der Waals surface area (Å²) in [4.78, 5) is 60.0. The molecule has 36 heavy (non-hydrogen) atoms. The molecule has 4 N–H and O–H groups in total. The van der Waals surface area contributed by atoms with Gasteiger partial charge in [-0.2, -0.15) is 0 Å². The maximum Gasteiger partial charge on any atom is 0.306 e. The first-order valence-corrected chi connectivity index (χ1v) is 11.0. The largest absolute Gasteiger partial charge is 0.466 e. The molecule has 0 bridgehead atoms. The van der Waals surface area contributed by atoms with Gasteiger partial charge < -0.3 is 21.1 Å². The van der Waals surface area contributed by atoms with Crippen LogP contribution in [0, 0.1) is 15.9 Å². The number of primary amides is 1. The molecule has 2 aromatic rings. The van der Waals surface area contributed by atoms with Crippen molar-refractivity contribution in [3.05, 3.63) is 75.6 Å². The minimum atomic E-state index is -1.44. The number of nitrogens with one attached hydrogen (secondary N) is 2. The molecule has 0 aliphatic heterocycles. The van der Waals surface area contributed by atoms with Gasteiger partial charge in [0.2, 0.25) is 17.7 Å². The van der Waals surface area contributed by atoms with Crippen LogP contribution in [0.25, 0.3) is 0 Å². The van der Waals surface area contributed by atoms with Crippen molar-refractivity contribution in [3.63, 3.8) is 0 Å². The van der Waals surface area contributed by atoms with Crippen LogP contribution < -0.4 is 16.4 Å². The first-order chi connectivity index (χ1) is 17.0. The second-order valence-corrected chi connectivity index (χ2v) is 7.94. The molecule has 0 fully saturated rings. The Labute approximate surface area is 206 Å². The van der Waals surface area contributed by atoms with Crippen LogP contribution in [0.1, 0.15) is 37.3 Å². The molecule has 192 valence electrons. The predicted octanol–water partition coefficient (Wildman–Crippen LogP) is 1.49. The number of nitrogens with two attached hydrogens (primary N) is 1. The lowest BCUT2D eigenvalue weighted by molar-refractivity contribution is -0.384. The van der Waals surface area contributed by atoms with Crippen molar-refractivity contribution in [2.45, 2.75) is 44.7 Å². The normalized spacial score (nSPS) is 13.1. The summed E-state index contributed by atoms with van der Waals surface area (Å²) < 4.78 is 18.6. The molecule has 11 nitrogen and oxygen atoms in total. The summed E-state index contributed by atoms with van der Waals surface area (Å²) in [5.41, 5.74) is 6.09. The summed E-state index contributed by atoms with van der Waals surface area (Å²) in [6, 6.07) is 7.90. The standard InChI is InChI=1S/C24H27FN4O7/c1-3-36-21(31)13-19(16-7-9-18(10-8-16)29(34)35)22(23(26)32)28-24(33)20(27-14(2)30)12-15-5-4-6-17(25)11-15/h4-11,19-20,22H,3,12-13H2,1-2H3,(H2,26,32)(H,27,30)(H,28,33)/t19-,20+,22+/m0/s1. The first-order valence-electron chi connectivity index (χ1n) is 11.0. The lowest BCUT2D eigenvalue weighted by atomic mass is 9.87. The van der Waals surface area contributed by atoms with Gasteiger partial charge in [0.15, 0.2) is 0 Å². The molecule has 0 saturated heterocycles. The van der Waals surface area contributed by atoms with E-state index in [2.05, 4.69) is 10.6 Å².